The van der Waals surface area contributed by atoms with Crippen LogP contribution in [0.2, 0.25) is 15.2 Å². The number of Topliss-reactive ketones (excluding diaryl/α,β-unsaturated/α-hetero) is 1. The van der Waals surface area contributed by atoms with Crippen LogP contribution in [0.4, 0.5) is 5.82 Å². The second-order valence-corrected chi connectivity index (χ2v) is 15.7. The highest BCUT2D eigenvalue weighted by Crippen LogP contribution is 2.45. The topological polar surface area (TPSA) is 107 Å². The van der Waals surface area contributed by atoms with Crippen molar-refractivity contribution in [2.24, 2.45) is 5.41 Å². The summed E-state index contributed by atoms with van der Waals surface area (Å²) in [6, 6.07) is 11.6. The third-order valence-electron chi connectivity index (χ3n) is 10.5. The van der Waals surface area contributed by atoms with E-state index < -0.39 is 0 Å². The summed E-state index contributed by atoms with van der Waals surface area (Å²) < 4.78 is 0. The number of nitrogens with zero attached hydrogens (tertiary/aromatic N) is 7. The molecule has 4 aliphatic rings. The lowest BCUT2D eigenvalue weighted by Crippen LogP contribution is -2.66. The Morgan fingerprint density at radius 2 is 1.34 bits per heavy atom. The molecule has 1 amide bonds. The van der Waals surface area contributed by atoms with Crippen LogP contribution in [0.5, 0.6) is 0 Å². The summed E-state index contributed by atoms with van der Waals surface area (Å²) in [6.45, 7) is 4.64. The van der Waals surface area contributed by atoms with E-state index in [2.05, 4.69) is 25.1 Å². The first-order valence-corrected chi connectivity index (χ1v) is 18.0. The molecule has 0 atom stereocenters. The third-order valence-corrected chi connectivity index (χ3v) is 11.7. The Morgan fingerprint density at radius 1 is 0.760 bits per heavy atom. The minimum Gasteiger partial charge on any atom is -0.361 e. The summed E-state index contributed by atoms with van der Waals surface area (Å²) >= 11 is 20.9. The van der Waals surface area contributed by atoms with Crippen molar-refractivity contribution in [1.29, 1.82) is 0 Å². The van der Waals surface area contributed by atoms with Crippen LogP contribution < -0.4 is 10.2 Å². The number of halogens is 3. The standard InChI is InChI=1S/C37H37Cl3N8O2/c1-46(2)35-30(17-47-18-36(19-47)11-9-22(49)13-36)42-15-28(44-35)26-8-4-6-24(33(26)39)23-5-3-7-25(32(23)38)27-14-41-29(34(40)43-27)16-48-20-37(21-48)12-10-31(50)45-37/h3-8,14-15H,9-13,16-21H2,1-2H3,(H,45,50). The molecule has 0 unspecified atom stereocenters. The fourth-order valence-electron chi connectivity index (χ4n) is 8.15. The van der Waals surface area contributed by atoms with Gasteiger partial charge < -0.3 is 10.2 Å². The molecule has 258 valence electrons. The van der Waals surface area contributed by atoms with Gasteiger partial charge in [-0.2, -0.15) is 0 Å². The molecule has 8 rings (SSSR count). The first-order chi connectivity index (χ1) is 24.0. The quantitative estimate of drug-likeness (QED) is 0.223. The van der Waals surface area contributed by atoms with Gasteiger partial charge in [-0.05, 0) is 12.8 Å². The zero-order chi connectivity index (χ0) is 34.8. The number of anilines is 1. The van der Waals surface area contributed by atoms with E-state index in [0.717, 1.165) is 67.2 Å². The van der Waals surface area contributed by atoms with Crippen LogP contribution in [0.1, 0.15) is 43.5 Å². The van der Waals surface area contributed by atoms with Crippen LogP contribution >= 0.6 is 34.8 Å². The van der Waals surface area contributed by atoms with Gasteiger partial charge in [0.1, 0.15) is 5.78 Å². The molecule has 1 aliphatic carbocycles. The van der Waals surface area contributed by atoms with E-state index in [0.29, 0.717) is 76.0 Å². The Bertz CT molecular complexity index is 2030. The first kappa shape index (κ1) is 33.5. The number of aromatic nitrogens is 4. The smallest absolute Gasteiger partial charge is 0.220 e. The second-order valence-electron chi connectivity index (χ2n) is 14.6. The number of hydrogen-bond donors (Lipinski definition) is 1. The second kappa shape index (κ2) is 12.8. The molecule has 3 aliphatic heterocycles. The van der Waals surface area contributed by atoms with E-state index in [-0.39, 0.29) is 16.9 Å². The normalized spacial score (nSPS) is 19.5. The first-order valence-electron chi connectivity index (χ1n) is 16.9. The highest BCUT2D eigenvalue weighted by atomic mass is 35.5. The Labute approximate surface area is 306 Å². The van der Waals surface area contributed by atoms with Crippen LogP contribution in [-0.2, 0) is 22.7 Å². The number of nitrogens with one attached hydrogen (secondary N) is 1. The number of rotatable bonds is 8. The molecule has 2 aromatic heterocycles. The summed E-state index contributed by atoms with van der Waals surface area (Å²) in [5, 5.41) is 4.42. The van der Waals surface area contributed by atoms with Crippen molar-refractivity contribution in [1.82, 2.24) is 35.1 Å². The fraction of sp³-hybridized carbons (Fsp3) is 0.405. The van der Waals surface area contributed by atoms with E-state index in [1.807, 2.05) is 55.4 Å². The van der Waals surface area contributed by atoms with Gasteiger partial charge in [0, 0.05) is 100 Å². The molecule has 10 nitrogen and oxygen atoms in total. The van der Waals surface area contributed by atoms with Crippen LogP contribution in [0, 0.1) is 5.41 Å². The number of hydrogen-bond acceptors (Lipinski definition) is 9. The van der Waals surface area contributed by atoms with Crippen LogP contribution in [0.25, 0.3) is 33.6 Å². The highest BCUT2D eigenvalue weighted by molar-refractivity contribution is 6.39. The van der Waals surface area contributed by atoms with Crippen molar-refractivity contribution in [3.8, 4) is 33.6 Å². The molecule has 1 N–H and O–H groups in total. The zero-order valence-corrected chi connectivity index (χ0v) is 30.2. The van der Waals surface area contributed by atoms with Gasteiger partial charge in [0.2, 0.25) is 5.91 Å². The van der Waals surface area contributed by atoms with Gasteiger partial charge in [-0.1, -0.05) is 71.2 Å². The Morgan fingerprint density at radius 3 is 1.90 bits per heavy atom. The van der Waals surface area contributed by atoms with Crippen molar-refractivity contribution in [2.45, 2.75) is 50.7 Å². The minimum atomic E-state index is -0.106. The third kappa shape index (κ3) is 6.15. The SMILES string of the molecule is CN(C)c1nc(-c2cccc(-c3cccc(-c4cnc(CN5CC6(CCC(=O)N6)C5)c(Cl)n4)c3Cl)c2Cl)cnc1CN1CC2(CCC(=O)C2)C1. The zero-order valence-electron chi connectivity index (χ0n) is 28.0. The van der Waals surface area contributed by atoms with Gasteiger partial charge in [0.25, 0.3) is 0 Å². The lowest BCUT2D eigenvalue weighted by atomic mass is 9.78. The van der Waals surface area contributed by atoms with Crippen LogP contribution in [0.3, 0.4) is 0 Å². The summed E-state index contributed by atoms with van der Waals surface area (Å²) in [5.41, 5.74) is 5.79. The average molecular weight is 732 g/mol. The van der Waals surface area contributed by atoms with Gasteiger partial charge in [-0.15, -0.1) is 0 Å². The molecule has 50 heavy (non-hydrogen) atoms. The largest absolute Gasteiger partial charge is 0.361 e. The number of amides is 1. The summed E-state index contributed by atoms with van der Waals surface area (Å²) in [5.74, 6) is 1.29. The molecule has 3 saturated heterocycles. The Balaban J connectivity index is 1.01. The lowest BCUT2D eigenvalue weighted by molar-refractivity contribution is -0.121. The summed E-state index contributed by atoms with van der Waals surface area (Å²) in [4.78, 5) is 49.3. The van der Waals surface area contributed by atoms with Gasteiger partial charge in [0.15, 0.2) is 11.0 Å². The van der Waals surface area contributed by atoms with Crippen molar-refractivity contribution in [3.05, 3.63) is 75.4 Å². The van der Waals surface area contributed by atoms with E-state index >= 15 is 0 Å². The van der Waals surface area contributed by atoms with Crippen molar-refractivity contribution < 1.29 is 9.59 Å². The molecule has 2 spiro atoms. The van der Waals surface area contributed by atoms with E-state index in [1.54, 1.807) is 12.4 Å². The van der Waals surface area contributed by atoms with Crippen LogP contribution in [0.15, 0.2) is 48.8 Å². The fourth-order valence-corrected chi connectivity index (χ4v) is 9.00. The maximum Gasteiger partial charge on any atom is 0.220 e. The molecule has 2 aromatic carbocycles. The van der Waals surface area contributed by atoms with Gasteiger partial charge >= 0.3 is 0 Å². The maximum absolute atomic E-state index is 11.9. The number of benzene rings is 2. The summed E-state index contributed by atoms with van der Waals surface area (Å²) in [7, 11) is 3.93. The number of likely N-dealkylation sites (tertiary alicyclic amines) is 2. The molecule has 0 bridgehead atoms. The Kier molecular flexibility index (Phi) is 8.59. The Hall–Kier alpha value is -3.67. The molecule has 5 heterocycles. The number of carbonyl (C=O) groups is 2. The monoisotopic (exact) mass is 730 g/mol. The number of carbonyl (C=O) groups excluding carboxylic acids is 2. The van der Waals surface area contributed by atoms with Crippen molar-refractivity contribution in [3.63, 3.8) is 0 Å². The maximum atomic E-state index is 11.9. The van der Waals surface area contributed by atoms with E-state index in [4.69, 9.17) is 44.8 Å². The molecular weight excluding hydrogens is 695 g/mol. The van der Waals surface area contributed by atoms with Gasteiger partial charge in [-0.3, -0.25) is 29.4 Å². The molecule has 1 saturated carbocycles. The lowest BCUT2D eigenvalue weighted by Gasteiger charge is -2.47. The average Bonchev–Trinajstić information content (AvgIpc) is 3.65. The molecule has 4 fully saturated rings. The highest BCUT2D eigenvalue weighted by Gasteiger charge is 2.48. The van der Waals surface area contributed by atoms with Gasteiger partial charge in [-0.25, -0.2) is 9.97 Å². The molecule has 0 radical (unpaired) electrons. The molecular formula is C37H37Cl3N8O2. The molecule has 4 aromatic rings. The van der Waals surface area contributed by atoms with Crippen LogP contribution in [-0.4, -0.2) is 87.2 Å². The summed E-state index contributed by atoms with van der Waals surface area (Å²) in [6.07, 6.45) is 7.33. The van der Waals surface area contributed by atoms with E-state index in [9.17, 15) is 9.59 Å². The number of ketones is 1. The molecule has 13 heteroatoms. The van der Waals surface area contributed by atoms with E-state index in [1.165, 1.54) is 0 Å². The van der Waals surface area contributed by atoms with Crippen molar-refractivity contribution >= 4 is 52.3 Å². The minimum absolute atomic E-state index is 0.106. The van der Waals surface area contributed by atoms with Gasteiger partial charge in [0.05, 0.1) is 50.8 Å². The predicted molar refractivity (Wildman–Crippen MR) is 195 cm³/mol. The van der Waals surface area contributed by atoms with Crippen molar-refractivity contribution in [2.75, 3.05) is 45.2 Å². The predicted octanol–water partition coefficient (Wildman–Crippen LogP) is 6.31.